The van der Waals surface area contributed by atoms with Crippen LogP contribution in [0.25, 0.3) is 65.0 Å². The summed E-state index contributed by atoms with van der Waals surface area (Å²) < 4.78 is 30.5. The van der Waals surface area contributed by atoms with E-state index in [0.29, 0.717) is 5.39 Å². The minimum absolute atomic E-state index is 0.579. The molecule has 9 aromatic carbocycles. The van der Waals surface area contributed by atoms with Crippen molar-refractivity contribution in [1.29, 1.82) is 0 Å². The molecular weight excluding hydrogens is 578 g/mol. The number of hydrogen-bond donors (Lipinski definition) is 0. The van der Waals surface area contributed by atoms with Crippen molar-refractivity contribution in [1.82, 2.24) is 0 Å². The van der Waals surface area contributed by atoms with Crippen molar-refractivity contribution in [3.05, 3.63) is 192 Å². The lowest BCUT2D eigenvalue weighted by Crippen LogP contribution is -2.28. The Morgan fingerprint density at radius 3 is 1.36 bits per heavy atom. The molecular formula is C45H26F2. The van der Waals surface area contributed by atoms with Crippen LogP contribution >= 0.6 is 0 Å². The summed E-state index contributed by atoms with van der Waals surface area (Å²) in [6, 6.07) is 54.3. The molecule has 0 unspecified atom stereocenters. The van der Waals surface area contributed by atoms with Crippen LogP contribution in [0, 0.1) is 11.6 Å². The predicted molar refractivity (Wildman–Crippen MR) is 191 cm³/mol. The Morgan fingerprint density at radius 2 is 0.766 bits per heavy atom. The first-order valence-corrected chi connectivity index (χ1v) is 16.0. The Labute approximate surface area is 270 Å². The lowest BCUT2D eigenvalue weighted by molar-refractivity contribution is 0.511. The second-order valence-corrected chi connectivity index (χ2v) is 12.6. The van der Waals surface area contributed by atoms with Crippen LogP contribution in [0.2, 0.25) is 0 Å². The first kappa shape index (κ1) is 26.4. The topological polar surface area (TPSA) is 0 Å². The summed E-state index contributed by atoms with van der Waals surface area (Å²) in [6.45, 7) is 0. The molecule has 9 aromatic rings. The fraction of sp³-hybridized carbons (Fsp3) is 0.0222. The lowest BCUT2D eigenvalue weighted by atomic mass is 9.67. The average Bonchev–Trinajstić information content (AvgIpc) is 3.42. The monoisotopic (exact) mass is 604 g/mol. The Balaban J connectivity index is 1.51. The maximum absolute atomic E-state index is 15.2. The first-order chi connectivity index (χ1) is 23.2. The van der Waals surface area contributed by atoms with Crippen molar-refractivity contribution in [3.63, 3.8) is 0 Å². The summed E-state index contributed by atoms with van der Waals surface area (Å²) in [5.74, 6) is -1.68. The van der Waals surface area contributed by atoms with Crippen molar-refractivity contribution in [2.45, 2.75) is 5.41 Å². The Morgan fingerprint density at radius 1 is 0.319 bits per heavy atom. The van der Waals surface area contributed by atoms with Gasteiger partial charge in [0.2, 0.25) is 0 Å². The quantitative estimate of drug-likeness (QED) is 0.172. The standard InChI is InChI=1S/C45H26F2/c46-41-25-35-34-23-36-31-19-11-12-22-39(31)45(27-13-3-1-4-14-27,28-15-5-2-6-16-28)40(36)24-37(34)43-32-20-9-7-17-29(32)30-18-8-10-21-33(30)44(43)38(35)26-42(41)47/h1-26H. The van der Waals surface area contributed by atoms with Gasteiger partial charge in [-0.3, -0.25) is 0 Å². The van der Waals surface area contributed by atoms with Crippen LogP contribution in [0.15, 0.2) is 158 Å². The molecule has 2 heteroatoms. The third kappa shape index (κ3) is 3.40. The van der Waals surface area contributed by atoms with Crippen molar-refractivity contribution in [2.24, 2.45) is 0 Å². The highest BCUT2D eigenvalue weighted by Crippen LogP contribution is 2.58. The van der Waals surface area contributed by atoms with Gasteiger partial charge in [-0.25, -0.2) is 8.78 Å². The molecule has 0 atom stereocenters. The molecule has 0 N–H and O–H groups in total. The minimum Gasteiger partial charge on any atom is -0.204 e. The summed E-state index contributed by atoms with van der Waals surface area (Å²) >= 11 is 0. The molecule has 10 rings (SSSR count). The number of hydrogen-bond acceptors (Lipinski definition) is 0. The third-order valence-electron chi connectivity index (χ3n) is 10.4. The summed E-state index contributed by atoms with van der Waals surface area (Å²) in [5, 5.41) is 9.74. The molecule has 0 radical (unpaired) electrons. The largest absolute Gasteiger partial charge is 0.204 e. The SMILES string of the molecule is Fc1cc2c3cc4c(cc3c3c5ccccc5c5ccccc5c3c2cc1F)C(c1ccccc1)(c1ccccc1)c1ccccc1-4. The van der Waals surface area contributed by atoms with Gasteiger partial charge in [-0.2, -0.15) is 0 Å². The van der Waals surface area contributed by atoms with Crippen LogP contribution in [0.5, 0.6) is 0 Å². The molecule has 1 aliphatic carbocycles. The summed E-state index contributed by atoms with van der Waals surface area (Å²) in [4.78, 5) is 0. The second kappa shape index (κ2) is 9.57. The molecule has 1 aliphatic rings. The van der Waals surface area contributed by atoms with E-state index in [4.69, 9.17) is 0 Å². The van der Waals surface area contributed by atoms with Gasteiger partial charge >= 0.3 is 0 Å². The zero-order valence-electron chi connectivity index (χ0n) is 25.3. The van der Waals surface area contributed by atoms with E-state index in [9.17, 15) is 0 Å². The van der Waals surface area contributed by atoms with Gasteiger partial charge in [-0.05, 0) is 112 Å². The van der Waals surface area contributed by atoms with E-state index in [1.54, 1.807) is 0 Å². The molecule has 0 amide bonds. The zero-order valence-corrected chi connectivity index (χ0v) is 25.3. The molecule has 0 heterocycles. The van der Waals surface area contributed by atoms with E-state index in [1.165, 1.54) is 34.4 Å². The van der Waals surface area contributed by atoms with Gasteiger partial charge in [0.25, 0.3) is 0 Å². The highest BCUT2D eigenvalue weighted by Gasteiger charge is 2.46. The summed E-state index contributed by atoms with van der Waals surface area (Å²) in [7, 11) is 0. The van der Waals surface area contributed by atoms with Crippen LogP contribution in [-0.4, -0.2) is 0 Å². The van der Waals surface area contributed by atoms with Crippen molar-refractivity contribution >= 4 is 53.9 Å². The van der Waals surface area contributed by atoms with Crippen LogP contribution in [0.1, 0.15) is 22.3 Å². The van der Waals surface area contributed by atoms with Crippen LogP contribution in [0.4, 0.5) is 8.78 Å². The highest BCUT2D eigenvalue weighted by atomic mass is 19.2. The first-order valence-electron chi connectivity index (χ1n) is 16.0. The van der Waals surface area contributed by atoms with E-state index in [2.05, 4.69) is 133 Å². The fourth-order valence-corrected chi connectivity index (χ4v) is 8.59. The van der Waals surface area contributed by atoms with Gasteiger partial charge in [-0.1, -0.05) is 133 Å². The van der Waals surface area contributed by atoms with Crippen molar-refractivity contribution < 1.29 is 8.78 Å². The highest BCUT2D eigenvalue weighted by molar-refractivity contribution is 6.39. The Hall–Kier alpha value is -5.86. The van der Waals surface area contributed by atoms with E-state index in [0.717, 1.165) is 59.6 Å². The average molecular weight is 605 g/mol. The van der Waals surface area contributed by atoms with E-state index in [-0.39, 0.29) is 0 Å². The van der Waals surface area contributed by atoms with Crippen LogP contribution in [-0.2, 0) is 5.41 Å². The molecule has 0 saturated carbocycles. The van der Waals surface area contributed by atoms with Gasteiger partial charge in [0, 0.05) is 0 Å². The minimum atomic E-state index is -0.841. The number of fused-ring (bicyclic) bond motifs is 14. The smallest absolute Gasteiger partial charge is 0.159 e. The fourth-order valence-electron chi connectivity index (χ4n) is 8.59. The van der Waals surface area contributed by atoms with Crippen LogP contribution < -0.4 is 0 Å². The number of benzene rings is 9. The number of rotatable bonds is 2. The molecule has 0 bridgehead atoms. The van der Waals surface area contributed by atoms with E-state index in [1.807, 2.05) is 12.1 Å². The molecule has 0 spiro atoms. The normalized spacial score (nSPS) is 13.5. The molecule has 0 saturated heterocycles. The molecule has 220 valence electrons. The van der Waals surface area contributed by atoms with E-state index < -0.39 is 17.0 Å². The number of halogens is 2. The molecule has 0 fully saturated rings. The molecule has 47 heavy (non-hydrogen) atoms. The van der Waals surface area contributed by atoms with Crippen molar-refractivity contribution in [2.75, 3.05) is 0 Å². The maximum Gasteiger partial charge on any atom is 0.159 e. The molecule has 0 aromatic heterocycles. The Kier molecular flexibility index (Phi) is 5.37. The predicted octanol–water partition coefficient (Wildman–Crippen LogP) is 12.1. The molecule has 0 nitrogen and oxygen atoms in total. The second-order valence-electron chi connectivity index (χ2n) is 12.6. The summed E-state index contributed by atoms with van der Waals surface area (Å²) in [5.41, 5.74) is 6.45. The Bertz CT molecular complexity index is 2700. The lowest BCUT2D eigenvalue weighted by Gasteiger charge is -2.34. The maximum atomic E-state index is 15.2. The van der Waals surface area contributed by atoms with Crippen LogP contribution in [0.3, 0.4) is 0 Å². The van der Waals surface area contributed by atoms with Gasteiger partial charge in [-0.15, -0.1) is 0 Å². The van der Waals surface area contributed by atoms with Gasteiger partial charge in [0.1, 0.15) is 0 Å². The van der Waals surface area contributed by atoms with Gasteiger partial charge < -0.3 is 0 Å². The third-order valence-corrected chi connectivity index (χ3v) is 10.4. The zero-order chi connectivity index (χ0) is 31.3. The summed E-state index contributed by atoms with van der Waals surface area (Å²) in [6.07, 6.45) is 0. The molecule has 0 aliphatic heterocycles. The van der Waals surface area contributed by atoms with E-state index >= 15 is 8.78 Å². The van der Waals surface area contributed by atoms with Gasteiger partial charge in [0.15, 0.2) is 11.6 Å². The van der Waals surface area contributed by atoms with Crippen molar-refractivity contribution in [3.8, 4) is 11.1 Å². The van der Waals surface area contributed by atoms with Gasteiger partial charge in [0.05, 0.1) is 5.41 Å².